The maximum atomic E-state index is 6.08. The Balaban J connectivity index is 1.34. The summed E-state index contributed by atoms with van der Waals surface area (Å²) >= 11 is 6.08. The first-order valence-electron chi connectivity index (χ1n) is 8.56. The average Bonchev–Trinajstić information content (AvgIpc) is 2.60. The lowest BCUT2D eigenvalue weighted by Crippen LogP contribution is -2.47. The van der Waals surface area contributed by atoms with Crippen LogP contribution in [0.5, 0.6) is 0 Å². The molecule has 3 rings (SSSR count). The Hall–Kier alpha value is -1.46. The van der Waals surface area contributed by atoms with Crippen LogP contribution in [0.1, 0.15) is 12.8 Å². The van der Waals surface area contributed by atoms with Crippen molar-refractivity contribution in [3.8, 4) is 0 Å². The highest BCUT2D eigenvalue weighted by Crippen LogP contribution is 2.20. The molecule has 0 unspecified atom stereocenters. The number of nitrogens with one attached hydrogen (secondary N) is 2. The Labute approximate surface area is 143 Å². The number of benzene rings is 1. The van der Waals surface area contributed by atoms with E-state index in [2.05, 4.69) is 37.6 Å². The van der Waals surface area contributed by atoms with Gasteiger partial charge < -0.3 is 15.5 Å². The molecule has 0 bridgehead atoms. The number of piperazine rings is 1. The minimum atomic E-state index is 0.815. The molecule has 0 amide bonds. The minimum Gasteiger partial charge on any atom is -0.369 e. The van der Waals surface area contributed by atoms with Crippen LogP contribution in [0.2, 0.25) is 5.02 Å². The van der Waals surface area contributed by atoms with E-state index in [1.807, 2.05) is 12.1 Å². The second-order valence-electron chi connectivity index (χ2n) is 6.10. The number of rotatable bonds is 5. The molecule has 5 nitrogen and oxygen atoms in total. The zero-order valence-electron chi connectivity index (χ0n) is 13.6. The zero-order valence-corrected chi connectivity index (χ0v) is 14.4. The quantitative estimate of drug-likeness (QED) is 0.805. The first-order valence-corrected chi connectivity index (χ1v) is 8.94. The van der Waals surface area contributed by atoms with Crippen molar-refractivity contribution in [2.75, 3.05) is 57.3 Å². The molecular weight excluding hydrogens is 310 g/mol. The lowest BCUT2D eigenvalue weighted by Gasteiger charge is -2.36. The van der Waals surface area contributed by atoms with Crippen LogP contribution in [-0.4, -0.2) is 63.2 Å². The average molecular weight is 336 g/mol. The van der Waals surface area contributed by atoms with Gasteiger partial charge in [-0.05, 0) is 37.6 Å². The van der Waals surface area contributed by atoms with E-state index in [9.17, 15) is 0 Å². The van der Waals surface area contributed by atoms with Gasteiger partial charge in [0.1, 0.15) is 0 Å². The van der Waals surface area contributed by atoms with E-state index in [0.29, 0.717) is 0 Å². The molecule has 1 aromatic rings. The van der Waals surface area contributed by atoms with Crippen molar-refractivity contribution < 1.29 is 0 Å². The number of hydrogen-bond acceptors (Lipinski definition) is 5. The summed E-state index contributed by atoms with van der Waals surface area (Å²) in [5.74, 6) is 0.974. The van der Waals surface area contributed by atoms with E-state index in [4.69, 9.17) is 11.6 Å². The highest BCUT2D eigenvalue weighted by atomic mass is 35.5. The molecule has 2 aliphatic rings. The van der Waals surface area contributed by atoms with Gasteiger partial charge in [0.15, 0.2) is 5.96 Å². The van der Waals surface area contributed by atoms with Gasteiger partial charge in [-0.2, -0.15) is 0 Å². The van der Waals surface area contributed by atoms with Gasteiger partial charge >= 0.3 is 0 Å². The molecule has 0 aliphatic carbocycles. The van der Waals surface area contributed by atoms with Crippen molar-refractivity contribution in [1.29, 1.82) is 0 Å². The first-order chi connectivity index (χ1) is 11.3. The van der Waals surface area contributed by atoms with Gasteiger partial charge in [0, 0.05) is 56.5 Å². The highest BCUT2D eigenvalue weighted by molar-refractivity contribution is 6.30. The number of nitrogens with zero attached hydrogens (tertiary/aromatic N) is 3. The van der Waals surface area contributed by atoms with Gasteiger partial charge in [0.2, 0.25) is 0 Å². The summed E-state index contributed by atoms with van der Waals surface area (Å²) in [6.07, 6.45) is 2.29. The SMILES string of the molecule is Clc1cccc(N2CCN(CCCNC3=NCCCN3)CC2)c1. The third-order valence-corrected chi connectivity index (χ3v) is 4.62. The minimum absolute atomic E-state index is 0.815. The van der Waals surface area contributed by atoms with Crippen molar-refractivity contribution in [2.45, 2.75) is 12.8 Å². The van der Waals surface area contributed by atoms with Crippen molar-refractivity contribution in [2.24, 2.45) is 4.99 Å². The van der Waals surface area contributed by atoms with Crippen LogP contribution in [0.25, 0.3) is 0 Å². The molecular formula is C17H26ClN5. The zero-order chi connectivity index (χ0) is 15.9. The third kappa shape index (κ3) is 5.01. The van der Waals surface area contributed by atoms with Crippen LogP contribution in [0.15, 0.2) is 29.3 Å². The fourth-order valence-electron chi connectivity index (χ4n) is 3.06. The van der Waals surface area contributed by atoms with Crippen LogP contribution in [-0.2, 0) is 0 Å². The Morgan fingerprint density at radius 1 is 1.22 bits per heavy atom. The Morgan fingerprint density at radius 2 is 2.09 bits per heavy atom. The summed E-state index contributed by atoms with van der Waals surface area (Å²) in [5, 5.41) is 7.50. The molecule has 0 aromatic heterocycles. The summed E-state index contributed by atoms with van der Waals surface area (Å²) in [6.45, 7) is 8.49. The second kappa shape index (κ2) is 8.41. The molecule has 6 heteroatoms. The van der Waals surface area contributed by atoms with Crippen LogP contribution in [0.3, 0.4) is 0 Å². The van der Waals surface area contributed by atoms with Gasteiger partial charge in [-0.3, -0.25) is 9.89 Å². The number of anilines is 1. The summed E-state index contributed by atoms with van der Waals surface area (Å²) in [6, 6.07) is 8.15. The lowest BCUT2D eigenvalue weighted by molar-refractivity contribution is 0.255. The summed E-state index contributed by atoms with van der Waals surface area (Å²) in [5.41, 5.74) is 1.24. The Kier molecular flexibility index (Phi) is 6.00. The summed E-state index contributed by atoms with van der Waals surface area (Å²) in [7, 11) is 0. The molecule has 23 heavy (non-hydrogen) atoms. The fourth-order valence-corrected chi connectivity index (χ4v) is 3.25. The van der Waals surface area contributed by atoms with Gasteiger partial charge in [0.05, 0.1) is 0 Å². The van der Waals surface area contributed by atoms with E-state index in [0.717, 1.165) is 76.2 Å². The number of hydrogen-bond donors (Lipinski definition) is 2. The first kappa shape index (κ1) is 16.4. The topological polar surface area (TPSA) is 42.9 Å². The monoisotopic (exact) mass is 335 g/mol. The molecule has 0 atom stereocenters. The van der Waals surface area contributed by atoms with Crippen molar-refractivity contribution in [3.05, 3.63) is 29.3 Å². The van der Waals surface area contributed by atoms with E-state index in [1.165, 1.54) is 5.69 Å². The van der Waals surface area contributed by atoms with Crippen LogP contribution in [0, 0.1) is 0 Å². The number of guanidine groups is 1. The lowest BCUT2D eigenvalue weighted by atomic mass is 10.2. The van der Waals surface area contributed by atoms with Crippen molar-refractivity contribution >= 4 is 23.2 Å². The smallest absolute Gasteiger partial charge is 0.191 e. The molecule has 1 saturated heterocycles. The molecule has 2 N–H and O–H groups in total. The molecule has 0 spiro atoms. The van der Waals surface area contributed by atoms with Crippen LogP contribution in [0.4, 0.5) is 5.69 Å². The van der Waals surface area contributed by atoms with Gasteiger partial charge in [-0.25, -0.2) is 0 Å². The van der Waals surface area contributed by atoms with E-state index < -0.39 is 0 Å². The molecule has 2 heterocycles. The number of aliphatic imine (C=N–C) groups is 1. The predicted molar refractivity (Wildman–Crippen MR) is 97.6 cm³/mol. The standard InChI is InChI=1S/C17H26ClN5/c18-15-4-1-5-16(14-15)23-12-10-22(11-13-23)9-3-8-21-17-19-6-2-7-20-17/h1,4-5,14H,2-3,6-13H2,(H2,19,20,21). The van der Waals surface area contributed by atoms with Gasteiger partial charge in [-0.1, -0.05) is 17.7 Å². The van der Waals surface area contributed by atoms with E-state index in [-0.39, 0.29) is 0 Å². The molecule has 1 aromatic carbocycles. The third-order valence-electron chi connectivity index (χ3n) is 4.39. The maximum absolute atomic E-state index is 6.08. The van der Waals surface area contributed by atoms with E-state index in [1.54, 1.807) is 0 Å². The molecule has 2 aliphatic heterocycles. The van der Waals surface area contributed by atoms with E-state index >= 15 is 0 Å². The normalized spacial score (nSPS) is 19.2. The van der Waals surface area contributed by atoms with Gasteiger partial charge in [0.25, 0.3) is 0 Å². The molecule has 126 valence electrons. The summed E-state index contributed by atoms with van der Waals surface area (Å²) in [4.78, 5) is 9.39. The number of halogens is 1. The molecule has 0 radical (unpaired) electrons. The second-order valence-corrected chi connectivity index (χ2v) is 6.54. The van der Waals surface area contributed by atoms with Crippen LogP contribution >= 0.6 is 11.6 Å². The maximum Gasteiger partial charge on any atom is 0.191 e. The van der Waals surface area contributed by atoms with Gasteiger partial charge in [-0.15, -0.1) is 0 Å². The molecule has 0 saturated carbocycles. The Bertz CT molecular complexity index is 525. The predicted octanol–water partition coefficient (Wildman–Crippen LogP) is 1.79. The van der Waals surface area contributed by atoms with Crippen molar-refractivity contribution in [1.82, 2.24) is 15.5 Å². The highest BCUT2D eigenvalue weighted by Gasteiger charge is 2.16. The largest absolute Gasteiger partial charge is 0.369 e. The molecule has 1 fully saturated rings. The van der Waals surface area contributed by atoms with Crippen LogP contribution < -0.4 is 15.5 Å². The Morgan fingerprint density at radius 3 is 2.83 bits per heavy atom. The fraction of sp³-hybridized carbons (Fsp3) is 0.588. The summed E-state index contributed by atoms with van der Waals surface area (Å²) < 4.78 is 0. The van der Waals surface area contributed by atoms with Crippen molar-refractivity contribution in [3.63, 3.8) is 0 Å².